The summed E-state index contributed by atoms with van der Waals surface area (Å²) in [6, 6.07) is 7.37. The molecular formula is C37H58N6O6. The number of hydrazine groups is 1. The van der Waals surface area contributed by atoms with Gasteiger partial charge in [-0.3, -0.25) is 14.4 Å². The van der Waals surface area contributed by atoms with Crippen LogP contribution in [0.15, 0.2) is 30.3 Å². The van der Waals surface area contributed by atoms with Crippen molar-refractivity contribution in [2.24, 2.45) is 23.5 Å². The van der Waals surface area contributed by atoms with Crippen molar-refractivity contribution in [2.45, 2.75) is 134 Å². The average Bonchev–Trinajstić information content (AvgIpc) is 3.06. The molecule has 12 heteroatoms. The number of piperidine rings is 1. The van der Waals surface area contributed by atoms with Crippen LogP contribution in [0.1, 0.15) is 97.0 Å². The number of hydrogen-bond acceptors (Lipinski definition) is 8. The van der Waals surface area contributed by atoms with Gasteiger partial charge in [-0.05, 0) is 89.0 Å². The third kappa shape index (κ3) is 10.4. The van der Waals surface area contributed by atoms with E-state index < -0.39 is 47.7 Å². The average molecular weight is 683 g/mol. The minimum atomic E-state index is -1.20. The fourth-order valence-corrected chi connectivity index (χ4v) is 8.31. The van der Waals surface area contributed by atoms with E-state index in [1.165, 1.54) is 6.42 Å². The molecule has 1 aromatic rings. The maximum atomic E-state index is 13.9. The summed E-state index contributed by atoms with van der Waals surface area (Å²) in [5.41, 5.74) is 5.77. The molecule has 2 aliphatic carbocycles. The standard InChI is InChI=1S/C37H58N6O6/c1-37(2,3)49-36(48)43-22-27-15-8-7-14-26(27)21-42(43)23-32(44)30(19-24-11-5-4-6-12-24)40-35(47)31(20-33(38)45)41-34(46)29-18-17-25-13-9-10-16-28(25)39-29/h4-6,11-12,25-32,39,44H,7-10,13-23H2,1-3H3,(H2,38,45)(H,40,47)(H,41,46)/t25?,26?,27?,28?,29?,30?,31-,32?/m0/s1. The van der Waals surface area contributed by atoms with Crippen LogP contribution in [0.5, 0.6) is 0 Å². The number of primary amides is 1. The summed E-state index contributed by atoms with van der Waals surface area (Å²) in [6.07, 6.45) is 8.94. The molecule has 2 saturated heterocycles. The van der Waals surface area contributed by atoms with E-state index in [2.05, 4.69) is 16.0 Å². The van der Waals surface area contributed by atoms with Crippen LogP contribution in [0.4, 0.5) is 4.79 Å². The Hall–Kier alpha value is -3.22. The Morgan fingerprint density at radius 2 is 1.57 bits per heavy atom. The smallest absolute Gasteiger partial charge is 0.424 e. The lowest BCUT2D eigenvalue weighted by atomic mass is 9.77. The second kappa shape index (κ2) is 16.7. The van der Waals surface area contributed by atoms with Crippen LogP contribution < -0.4 is 21.7 Å². The molecule has 5 rings (SSSR count). The molecule has 2 aliphatic heterocycles. The molecule has 0 radical (unpaired) electrons. The quantitative estimate of drug-likeness (QED) is 0.238. The molecule has 0 bridgehead atoms. The zero-order valence-corrected chi connectivity index (χ0v) is 29.6. The molecule has 0 aromatic heterocycles. The number of nitrogens with two attached hydrogens (primary N) is 1. The van der Waals surface area contributed by atoms with Gasteiger partial charge >= 0.3 is 6.09 Å². The number of rotatable bonds is 11. The predicted octanol–water partition coefficient (Wildman–Crippen LogP) is 3.02. The summed E-state index contributed by atoms with van der Waals surface area (Å²) in [6.45, 7) is 6.71. The molecule has 12 nitrogen and oxygen atoms in total. The zero-order valence-electron chi connectivity index (χ0n) is 29.6. The monoisotopic (exact) mass is 682 g/mol. The number of benzene rings is 1. The highest BCUT2D eigenvalue weighted by Gasteiger charge is 2.41. The predicted molar refractivity (Wildman–Crippen MR) is 186 cm³/mol. The van der Waals surface area contributed by atoms with E-state index in [1.807, 2.05) is 56.1 Å². The maximum Gasteiger partial charge on any atom is 0.424 e. The van der Waals surface area contributed by atoms with Gasteiger partial charge in [0.1, 0.15) is 11.6 Å². The first-order chi connectivity index (χ1) is 23.4. The lowest BCUT2D eigenvalue weighted by Crippen LogP contribution is -2.62. The molecule has 7 unspecified atom stereocenters. The molecule has 4 fully saturated rings. The van der Waals surface area contributed by atoms with Gasteiger partial charge in [0.05, 0.1) is 24.6 Å². The van der Waals surface area contributed by atoms with Crippen molar-refractivity contribution in [3.05, 3.63) is 35.9 Å². The van der Waals surface area contributed by atoms with Gasteiger partial charge in [0.15, 0.2) is 0 Å². The third-order valence-electron chi connectivity index (χ3n) is 10.9. The summed E-state index contributed by atoms with van der Waals surface area (Å²) >= 11 is 0. The van der Waals surface area contributed by atoms with E-state index in [9.17, 15) is 24.3 Å². The summed E-state index contributed by atoms with van der Waals surface area (Å²) in [7, 11) is 0. The molecule has 272 valence electrons. The van der Waals surface area contributed by atoms with Crippen molar-refractivity contribution in [2.75, 3.05) is 19.6 Å². The fraction of sp³-hybridized carbons (Fsp3) is 0.730. The number of fused-ring (bicyclic) bond motifs is 2. The molecule has 8 atom stereocenters. The van der Waals surface area contributed by atoms with E-state index in [1.54, 1.807) is 5.01 Å². The summed E-state index contributed by atoms with van der Waals surface area (Å²) in [5.74, 6) is -0.294. The summed E-state index contributed by atoms with van der Waals surface area (Å²) < 4.78 is 5.78. The minimum Gasteiger partial charge on any atom is -0.443 e. The van der Waals surface area contributed by atoms with Gasteiger partial charge in [-0.25, -0.2) is 14.8 Å². The number of ether oxygens (including phenoxy) is 1. The molecule has 2 saturated carbocycles. The first-order valence-corrected chi connectivity index (χ1v) is 18.5. The molecule has 1 aromatic carbocycles. The molecule has 0 spiro atoms. The largest absolute Gasteiger partial charge is 0.443 e. The van der Waals surface area contributed by atoms with Gasteiger partial charge < -0.3 is 31.5 Å². The van der Waals surface area contributed by atoms with E-state index in [0.717, 1.165) is 56.9 Å². The van der Waals surface area contributed by atoms with Crippen molar-refractivity contribution in [3.63, 3.8) is 0 Å². The van der Waals surface area contributed by atoms with E-state index in [-0.39, 0.29) is 24.9 Å². The molecule has 4 aliphatic rings. The van der Waals surface area contributed by atoms with Crippen LogP contribution in [0, 0.1) is 17.8 Å². The van der Waals surface area contributed by atoms with Crippen molar-refractivity contribution in [1.29, 1.82) is 0 Å². The molecule has 49 heavy (non-hydrogen) atoms. The molecule has 6 N–H and O–H groups in total. The van der Waals surface area contributed by atoms with E-state index in [0.29, 0.717) is 43.7 Å². The van der Waals surface area contributed by atoms with Crippen molar-refractivity contribution >= 4 is 23.8 Å². The van der Waals surface area contributed by atoms with E-state index >= 15 is 0 Å². The highest BCUT2D eigenvalue weighted by Crippen LogP contribution is 2.36. The number of nitrogens with one attached hydrogen (secondary N) is 3. The fourth-order valence-electron chi connectivity index (χ4n) is 8.31. The highest BCUT2D eigenvalue weighted by atomic mass is 16.6. The second-order valence-electron chi connectivity index (χ2n) is 15.8. The third-order valence-corrected chi connectivity index (χ3v) is 10.9. The molecule has 2 heterocycles. The Morgan fingerprint density at radius 3 is 2.24 bits per heavy atom. The van der Waals surface area contributed by atoms with Crippen molar-refractivity contribution in [3.8, 4) is 0 Å². The molecule has 4 amide bonds. The number of carbonyl (C=O) groups is 4. The van der Waals surface area contributed by atoms with Crippen molar-refractivity contribution < 1.29 is 29.0 Å². The number of carbonyl (C=O) groups excluding carboxylic acids is 4. The SMILES string of the molecule is CC(C)(C)OC(=O)N1CC2CCCCC2CN1CC(O)C(Cc1ccccc1)NC(=O)[C@H](CC(N)=O)NC(=O)C1CCC2CCCCC2N1. The Bertz CT molecular complexity index is 1290. The van der Waals surface area contributed by atoms with Crippen LogP contribution in [-0.4, -0.2) is 94.4 Å². The van der Waals surface area contributed by atoms with Crippen LogP contribution in [0.25, 0.3) is 0 Å². The minimum absolute atomic E-state index is 0.0850. The first kappa shape index (κ1) is 37.0. The topological polar surface area (TPSA) is 166 Å². The number of nitrogens with zero attached hydrogens (tertiary/aromatic N) is 2. The number of aliphatic hydroxyl groups excluding tert-OH is 1. The number of amides is 4. The van der Waals surface area contributed by atoms with Crippen LogP contribution in [-0.2, 0) is 25.5 Å². The Balaban J connectivity index is 1.31. The Morgan fingerprint density at radius 1 is 0.918 bits per heavy atom. The van der Waals surface area contributed by atoms with Gasteiger partial charge in [-0.15, -0.1) is 0 Å². The number of aliphatic hydroxyl groups is 1. The summed E-state index contributed by atoms with van der Waals surface area (Å²) in [5, 5.41) is 24.6. The van der Waals surface area contributed by atoms with Gasteiger partial charge in [-0.1, -0.05) is 56.0 Å². The summed E-state index contributed by atoms with van der Waals surface area (Å²) in [4.78, 5) is 52.9. The Kier molecular flexibility index (Phi) is 12.6. The lowest BCUT2D eigenvalue weighted by Gasteiger charge is -2.48. The Labute approximate surface area is 291 Å². The number of β-amino-alcohol motifs (C(OH)–C–C–N with tert-alkyl or cyclic N) is 1. The van der Waals surface area contributed by atoms with Crippen LogP contribution in [0.2, 0.25) is 0 Å². The normalized spacial score (nSPS) is 27.8. The van der Waals surface area contributed by atoms with Crippen LogP contribution in [0.3, 0.4) is 0 Å². The number of hydrogen-bond donors (Lipinski definition) is 5. The first-order valence-electron chi connectivity index (χ1n) is 18.5. The lowest BCUT2D eigenvalue weighted by molar-refractivity contribution is -0.134. The highest BCUT2D eigenvalue weighted by molar-refractivity contribution is 5.93. The van der Waals surface area contributed by atoms with Gasteiger partial charge in [0, 0.05) is 25.7 Å². The molecular weight excluding hydrogens is 624 g/mol. The van der Waals surface area contributed by atoms with Crippen LogP contribution >= 0.6 is 0 Å². The zero-order chi connectivity index (χ0) is 35.1. The second-order valence-corrected chi connectivity index (χ2v) is 15.8. The van der Waals surface area contributed by atoms with Gasteiger partial charge in [-0.2, -0.15) is 0 Å². The van der Waals surface area contributed by atoms with Crippen molar-refractivity contribution in [1.82, 2.24) is 26.0 Å². The van der Waals surface area contributed by atoms with E-state index in [4.69, 9.17) is 10.5 Å². The van der Waals surface area contributed by atoms with Gasteiger partial charge in [0.25, 0.3) is 0 Å². The van der Waals surface area contributed by atoms with Gasteiger partial charge in [0.2, 0.25) is 17.7 Å². The maximum absolute atomic E-state index is 13.9.